The molecule has 1 aliphatic heterocycles. The molecule has 0 spiro atoms. The van der Waals surface area contributed by atoms with Gasteiger partial charge in [-0.2, -0.15) is 0 Å². The number of rotatable bonds is 8. The maximum Gasteiger partial charge on any atom is 0.341 e. The van der Waals surface area contributed by atoms with E-state index in [0.717, 1.165) is 16.6 Å². The molecule has 2 rings (SSSR count). The summed E-state index contributed by atoms with van der Waals surface area (Å²) in [7, 11) is 0. The quantitative estimate of drug-likeness (QED) is 0.667. The highest BCUT2D eigenvalue weighted by atomic mass is 32.2. The van der Waals surface area contributed by atoms with Gasteiger partial charge < -0.3 is 19.7 Å². The minimum atomic E-state index is -0.651. The Kier molecular flexibility index (Phi) is 7.46. The van der Waals surface area contributed by atoms with Crippen molar-refractivity contribution >= 4 is 51.2 Å². The van der Waals surface area contributed by atoms with E-state index in [1.807, 2.05) is 6.92 Å². The van der Waals surface area contributed by atoms with Crippen LogP contribution in [0.15, 0.2) is 6.07 Å². The molecule has 1 aliphatic rings. The van der Waals surface area contributed by atoms with Crippen molar-refractivity contribution < 1.29 is 28.7 Å². The summed E-state index contributed by atoms with van der Waals surface area (Å²) in [6, 6.07) is 1.68. The van der Waals surface area contributed by atoms with E-state index >= 15 is 0 Å². The standard InChI is InChI=1S/C16H20N2O6S2/c1-3-10-7-11(15(21)23-4-2)14(26-10)17-12(19)9-24-13(20)8-18-5-6-25-16(18)22/h7H,3-6,8-9H2,1-2H3,(H,17,19). The number of hydrogen-bond acceptors (Lipinski definition) is 8. The van der Waals surface area contributed by atoms with Crippen molar-refractivity contribution in [2.75, 3.05) is 37.4 Å². The van der Waals surface area contributed by atoms with Crippen LogP contribution in [0.4, 0.5) is 9.80 Å². The van der Waals surface area contributed by atoms with Crippen LogP contribution in [0.5, 0.6) is 0 Å². The number of anilines is 1. The lowest BCUT2D eigenvalue weighted by Crippen LogP contribution is -2.32. The molecule has 1 aromatic heterocycles. The van der Waals surface area contributed by atoms with Gasteiger partial charge in [0.1, 0.15) is 11.5 Å². The lowest BCUT2D eigenvalue weighted by atomic mass is 10.2. The third kappa shape index (κ3) is 5.46. The summed E-state index contributed by atoms with van der Waals surface area (Å²) >= 11 is 2.42. The van der Waals surface area contributed by atoms with Crippen LogP contribution < -0.4 is 5.32 Å². The Labute approximate surface area is 159 Å². The third-order valence-corrected chi connectivity index (χ3v) is 5.50. The van der Waals surface area contributed by atoms with Gasteiger partial charge in [0.2, 0.25) is 0 Å². The molecule has 0 atom stereocenters. The number of amides is 2. The van der Waals surface area contributed by atoms with Crippen LogP contribution in [0, 0.1) is 0 Å². The molecule has 1 fully saturated rings. The second-order valence-electron chi connectivity index (χ2n) is 5.27. The van der Waals surface area contributed by atoms with E-state index in [2.05, 4.69) is 5.32 Å². The van der Waals surface area contributed by atoms with Crippen LogP contribution >= 0.6 is 23.1 Å². The minimum Gasteiger partial charge on any atom is -0.462 e. The molecule has 0 saturated carbocycles. The van der Waals surface area contributed by atoms with Crippen molar-refractivity contribution in [1.82, 2.24) is 4.90 Å². The molecule has 142 valence electrons. The average Bonchev–Trinajstić information content (AvgIpc) is 3.19. The van der Waals surface area contributed by atoms with E-state index < -0.39 is 24.5 Å². The molecule has 0 bridgehead atoms. The second-order valence-corrected chi connectivity index (χ2v) is 7.46. The van der Waals surface area contributed by atoms with Crippen molar-refractivity contribution in [2.45, 2.75) is 20.3 Å². The number of thioether (sulfide) groups is 1. The van der Waals surface area contributed by atoms with Gasteiger partial charge in [-0.15, -0.1) is 11.3 Å². The zero-order chi connectivity index (χ0) is 19.1. The SMILES string of the molecule is CCOC(=O)c1cc(CC)sc1NC(=O)COC(=O)CN1CCSC1=O. The first-order chi connectivity index (χ1) is 12.4. The molecule has 26 heavy (non-hydrogen) atoms. The van der Waals surface area contributed by atoms with Crippen molar-refractivity contribution in [3.05, 3.63) is 16.5 Å². The summed E-state index contributed by atoms with van der Waals surface area (Å²) in [4.78, 5) is 49.5. The van der Waals surface area contributed by atoms with Gasteiger partial charge >= 0.3 is 11.9 Å². The molecule has 0 aliphatic carbocycles. The van der Waals surface area contributed by atoms with Crippen LogP contribution in [0.25, 0.3) is 0 Å². The summed E-state index contributed by atoms with van der Waals surface area (Å²) in [6.07, 6.45) is 0.712. The fraction of sp³-hybridized carbons (Fsp3) is 0.500. The summed E-state index contributed by atoms with van der Waals surface area (Å²) < 4.78 is 9.88. The predicted molar refractivity (Wildman–Crippen MR) is 98.7 cm³/mol. The van der Waals surface area contributed by atoms with Gasteiger partial charge in [-0.3, -0.25) is 14.4 Å². The smallest absolute Gasteiger partial charge is 0.341 e. The number of aryl methyl sites for hydroxylation is 1. The second kappa shape index (κ2) is 9.58. The lowest BCUT2D eigenvalue weighted by molar-refractivity contribution is -0.147. The van der Waals surface area contributed by atoms with E-state index in [1.165, 1.54) is 16.2 Å². The van der Waals surface area contributed by atoms with Crippen LogP contribution in [-0.2, 0) is 25.5 Å². The monoisotopic (exact) mass is 400 g/mol. The van der Waals surface area contributed by atoms with E-state index in [9.17, 15) is 19.2 Å². The maximum absolute atomic E-state index is 12.0. The molecule has 0 aromatic carbocycles. The van der Waals surface area contributed by atoms with Crippen LogP contribution in [0.3, 0.4) is 0 Å². The Morgan fingerprint density at radius 1 is 1.27 bits per heavy atom. The predicted octanol–water partition coefficient (Wildman–Crippen LogP) is 2.14. The summed E-state index contributed by atoms with van der Waals surface area (Å²) in [5.74, 6) is -1.08. The first-order valence-corrected chi connectivity index (χ1v) is 9.91. The zero-order valence-electron chi connectivity index (χ0n) is 14.5. The highest BCUT2D eigenvalue weighted by molar-refractivity contribution is 8.13. The Hall–Kier alpha value is -2.07. The Morgan fingerprint density at radius 2 is 2.04 bits per heavy atom. The number of hydrogen-bond donors (Lipinski definition) is 1. The van der Waals surface area contributed by atoms with Crippen LogP contribution in [0.2, 0.25) is 0 Å². The van der Waals surface area contributed by atoms with E-state index in [-0.39, 0.29) is 24.0 Å². The third-order valence-electron chi connectivity index (χ3n) is 3.41. The van der Waals surface area contributed by atoms with Gasteiger partial charge in [0.05, 0.1) is 12.2 Å². The number of carbonyl (C=O) groups excluding carboxylic acids is 4. The Morgan fingerprint density at radius 3 is 2.65 bits per heavy atom. The zero-order valence-corrected chi connectivity index (χ0v) is 16.2. The first-order valence-electron chi connectivity index (χ1n) is 8.11. The maximum atomic E-state index is 12.0. The Balaban J connectivity index is 1.88. The van der Waals surface area contributed by atoms with E-state index in [1.54, 1.807) is 13.0 Å². The van der Waals surface area contributed by atoms with Gasteiger partial charge in [0, 0.05) is 17.2 Å². The van der Waals surface area contributed by atoms with Gasteiger partial charge in [-0.05, 0) is 19.4 Å². The van der Waals surface area contributed by atoms with Crippen molar-refractivity contribution in [3.63, 3.8) is 0 Å². The fourth-order valence-corrected chi connectivity index (χ4v) is 3.97. The van der Waals surface area contributed by atoms with Gasteiger partial charge in [0.25, 0.3) is 11.1 Å². The van der Waals surface area contributed by atoms with E-state index in [4.69, 9.17) is 9.47 Å². The molecule has 0 radical (unpaired) electrons. The largest absolute Gasteiger partial charge is 0.462 e. The molecule has 10 heteroatoms. The van der Waals surface area contributed by atoms with Crippen molar-refractivity contribution in [2.24, 2.45) is 0 Å². The molecule has 2 heterocycles. The minimum absolute atomic E-state index is 0.170. The van der Waals surface area contributed by atoms with Crippen molar-refractivity contribution in [1.29, 1.82) is 0 Å². The average molecular weight is 400 g/mol. The van der Waals surface area contributed by atoms with Gasteiger partial charge in [-0.25, -0.2) is 4.79 Å². The molecule has 2 amide bonds. The summed E-state index contributed by atoms with van der Waals surface area (Å²) in [5, 5.41) is 2.78. The van der Waals surface area contributed by atoms with Crippen LogP contribution in [0.1, 0.15) is 29.1 Å². The molecule has 8 nitrogen and oxygen atoms in total. The highest BCUT2D eigenvalue weighted by Gasteiger charge is 2.24. The van der Waals surface area contributed by atoms with E-state index in [0.29, 0.717) is 23.7 Å². The van der Waals surface area contributed by atoms with Gasteiger partial charge in [-0.1, -0.05) is 18.7 Å². The highest BCUT2D eigenvalue weighted by Crippen LogP contribution is 2.29. The molecule has 1 aromatic rings. The Bertz CT molecular complexity index is 703. The normalized spacial score (nSPS) is 13.6. The number of carbonyl (C=O) groups is 4. The lowest BCUT2D eigenvalue weighted by Gasteiger charge is -2.13. The molecule has 1 N–H and O–H groups in total. The number of ether oxygens (including phenoxy) is 2. The number of nitrogens with one attached hydrogen (secondary N) is 1. The summed E-state index contributed by atoms with van der Waals surface area (Å²) in [5.41, 5.74) is 0.285. The molecular formula is C16H20N2O6S2. The first kappa shape index (κ1) is 20.2. The van der Waals surface area contributed by atoms with Crippen LogP contribution in [-0.4, -0.2) is 60.0 Å². The number of thiophene rings is 1. The molecule has 1 saturated heterocycles. The number of nitrogens with zero attached hydrogens (tertiary/aromatic N) is 1. The molecule has 0 unspecified atom stereocenters. The topological polar surface area (TPSA) is 102 Å². The van der Waals surface area contributed by atoms with Crippen molar-refractivity contribution in [3.8, 4) is 0 Å². The molecular weight excluding hydrogens is 380 g/mol. The summed E-state index contributed by atoms with van der Waals surface area (Å²) in [6.45, 7) is 3.69. The number of esters is 2. The van der Waals surface area contributed by atoms with Gasteiger partial charge in [0.15, 0.2) is 6.61 Å². The fourth-order valence-electron chi connectivity index (χ4n) is 2.15.